The molecule has 10 heteroatoms. The number of nitrogens with one attached hydrogen (secondary N) is 1. The number of halogens is 2. The molecule has 3 amide bonds. The molecule has 1 aliphatic heterocycles. The van der Waals surface area contributed by atoms with Crippen LogP contribution in [0, 0.1) is 0 Å². The second-order valence-electron chi connectivity index (χ2n) is 8.53. The molecule has 3 aromatic rings. The van der Waals surface area contributed by atoms with Crippen LogP contribution >= 0.6 is 38.9 Å². The number of esters is 1. The fourth-order valence-corrected chi connectivity index (χ4v) is 5.65. The van der Waals surface area contributed by atoms with Crippen molar-refractivity contribution in [1.82, 2.24) is 15.1 Å². The maximum Gasteiger partial charge on any atom is 0.339 e. The molecule has 2 aromatic carbocycles. The van der Waals surface area contributed by atoms with Gasteiger partial charge in [-0.05, 0) is 63.6 Å². The van der Waals surface area contributed by atoms with Gasteiger partial charge in [-0.25, -0.2) is 9.59 Å². The predicted octanol–water partition coefficient (Wildman–Crippen LogP) is 6.15. The third kappa shape index (κ3) is 5.74. The van der Waals surface area contributed by atoms with Crippen molar-refractivity contribution >= 4 is 56.8 Å². The van der Waals surface area contributed by atoms with Crippen LogP contribution in [-0.4, -0.2) is 41.9 Å². The van der Waals surface area contributed by atoms with Crippen LogP contribution in [0.4, 0.5) is 4.79 Å². The summed E-state index contributed by atoms with van der Waals surface area (Å²) in [5.74, 6) is -0.734. The van der Waals surface area contributed by atoms with E-state index in [1.165, 1.54) is 7.11 Å². The van der Waals surface area contributed by atoms with E-state index < -0.39 is 12.0 Å². The predicted molar refractivity (Wildman–Crippen MR) is 147 cm³/mol. The number of amides is 3. The van der Waals surface area contributed by atoms with Crippen LogP contribution in [0.2, 0.25) is 5.02 Å². The van der Waals surface area contributed by atoms with Gasteiger partial charge in [0.05, 0.1) is 30.8 Å². The maximum atomic E-state index is 13.9. The summed E-state index contributed by atoms with van der Waals surface area (Å²) in [5, 5.41) is 5.52. The minimum atomic E-state index is -0.726. The number of urea groups is 1. The van der Waals surface area contributed by atoms with E-state index in [1.807, 2.05) is 35.7 Å². The van der Waals surface area contributed by atoms with Gasteiger partial charge in [-0.2, -0.15) is 0 Å². The number of allylic oxidation sites excluding steroid dienone is 1. The second-order valence-corrected chi connectivity index (χ2v) is 10.8. The lowest BCUT2D eigenvalue weighted by Gasteiger charge is -2.37. The summed E-state index contributed by atoms with van der Waals surface area (Å²) in [4.78, 5) is 43.4. The third-order valence-corrected chi connectivity index (χ3v) is 8.05. The molecule has 0 fully saturated rings. The highest BCUT2D eigenvalue weighted by molar-refractivity contribution is 9.10. The molecule has 1 atom stereocenters. The van der Waals surface area contributed by atoms with Gasteiger partial charge in [0.2, 0.25) is 0 Å². The van der Waals surface area contributed by atoms with Crippen molar-refractivity contribution < 1.29 is 19.1 Å². The molecule has 1 aliphatic rings. The lowest BCUT2D eigenvalue weighted by Crippen LogP contribution is -2.49. The zero-order valence-electron chi connectivity index (χ0n) is 20.5. The number of rotatable bonds is 7. The van der Waals surface area contributed by atoms with Crippen molar-refractivity contribution in [3.8, 4) is 0 Å². The van der Waals surface area contributed by atoms with Crippen molar-refractivity contribution in [2.24, 2.45) is 0 Å². The Kier molecular flexibility index (Phi) is 8.36. The lowest BCUT2D eigenvalue weighted by atomic mass is 9.93. The summed E-state index contributed by atoms with van der Waals surface area (Å²) < 4.78 is 5.33. The van der Waals surface area contributed by atoms with E-state index in [1.54, 1.807) is 59.4 Å². The van der Waals surface area contributed by atoms with Gasteiger partial charge < -0.3 is 15.0 Å². The Morgan fingerprint density at radius 1 is 1.19 bits per heavy atom. The molecule has 4 rings (SSSR count). The molecule has 1 unspecified atom stereocenters. The van der Waals surface area contributed by atoms with Crippen molar-refractivity contribution in [2.75, 3.05) is 14.2 Å². The van der Waals surface area contributed by atoms with Crippen molar-refractivity contribution in [3.63, 3.8) is 0 Å². The van der Waals surface area contributed by atoms with Crippen LogP contribution < -0.4 is 5.32 Å². The fraction of sp³-hybridized carbons (Fsp3) is 0.222. The third-order valence-electron chi connectivity index (χ3n) is 6.16. The number of likely N-dealkylation sites (N-methyl/N-ethyl adjacent to an activating group) is 1. The normalized spacial score (nSPS) is 15.4. The zero-order valence-corrected chi connectivity index (χ0v) is 23.6. The number of nitrogens with zero attached hydrogens (tertiary/aromatic N) is 2. The van der Waals surface area contributed by atoms with Gasteiger partial charge in [0, 0.05) is 33.7 Å². The van der Waals surface area contributed by atoms with E-state index in [2.05, 4.69) is 21.2 Å². The number of benzene rings is 2. The smallest absolute Gasteiger partial charge is 0.339 e. The maximum absolute atomic E-state index is 13.9. The summed E-state index contributed by atoms with van der Waals surface area (Å²) in [5.41, 5.74) is 2.81. The molecule has 1 N–H and O–H groups in total. The number of carbonyl (C=O) groups is 3. The first-order valence-electron chi connectivity index (χ1n) is 11.4. The van der Waals surface area contributed by atoms with Gasteiger partial charge in [-0.1, -0.05) is 41.9 Å². The quantitative estimate of drug-likeness (QED) is 0.329. The molecule has 0 radical (unpaired) electrons. The Hall–Kier alpha value is -3.14. The Morgan fingerprint density at radius 2 is 1.95 bits per heavy atom. The standard InChI is InChI=1S/C27H25BrClN3O4S/c1-16-23(25(33)31(2)14-18-7-4-5-9-22(18)29)24(17-10-11-20(21(28)13-17)26(34)36-3)30-27(35)32(16)15-19-8-6-12-37-19/h4-13,24H,14-15H2,1-3H3,(H,30,35). The summed E-state index contributed by atoms with van der Waals surface area (Å²) in [6.45, 7) is 2.43. The molecule has 0 saturated heterocycles. The van der Waals surface area contributed by atoms with Crippen LogP contribution in [0.15, 0.2) is 75.7 Å². The largest absolute Gasteiger partial charge is 0.465 e. The molecular weight excluding hydrogens is 578 g/mol. The molecule has 37 heavy (non-hydrogen) atoms. The Labute approximate surface area is 232 Å². The molecule has 2 heterocycles. The van der Waals surface area contributed by atoms with Gasteiger partial charge in [0.25, 0.3) is 5.91 Å². The summed E-state index contributed by atoms with van der Waals surface area (Å²) in [6, 6.07) is 15.3. The second kappa shape index (κ2) is 11.5. The van der Waals surface area contributed by atoms with Crippen molar-refractivity contribution in [3.05, 3.63) is 102 Å². The molecule has 1 aromatic heterocycles. The van der Waals surface area contributed by atoms with E-state index in [-0.39, 0.29) is 11.9 Å². The monoisotopic (exact) mass is 601 g/mol. The number of carbonyl (C=O) groups excluding carboxylic acids is 3. The highest BCUT2D eigenvalue weighted by Crippen LogP contribution is 2.35. The van der Waals surface area contributed by atoms with Gasteiger partial charge in [0.1, 0.15) is 0 Å². The molecule has 7 nitrogen and oxygen atoms in total. The molecule has 0 saturated carbocycles. The van der Waals surface area contributed by atoms with Gasteiger partial charge in [-0.15, -0.1) is 11.3 Å². The van der Waals surface area contributed by atoms with Gasteiger partial charge in [0.15, 0.2) is 0 Å². The number of hydrogen-bond donors (Lipinski definition) is 1. The first kappa shape index (κ1) is 26.9. The lowest BCUT2D eigenvalue weighted by molar-refractivity contribution is -0.127. The van der Waals surface area contributed by atoms with E-state index in [9.17, 15) is 14.4 Å². The van der Waals surface area contributed by atoms with Crippen LogP contribution in [0.25, 0.3) is 0 Å². The van der Waals surface area contributed by atoms with E-state index in [0.29, 0.717) is 45.0 Å². The zero-order chi connectivity index (χ0) is 26.7. The molecule has 192 valence electrons. The van der Waals surface area contributed by atoms with E-state index in [0.717, 1.165) is 10.4 Å². The summed E-state index contributed by atoms with van der Waals surface area (Å²) >= 11 is 11.3. The molecule has 0 aliphatic carbocycles. The SMILES string of the molecule is COC(=O)c1ccc(C2NC(=O)N(Cc3cccs3)C(C)=C2C(=O)N(C)Cc2ccccc2Cl)cc1Br. The van der Waals surface area contributed by atoms with Crippen LogP contribution in [0.5, 0.6) is 0 Å². The topological polar surface area (TPSA) is 79.0 Å². The Bertz CT molecular complexity index is 1380. The molecular formula is C27H25BrClN3O4S. The first-order valence-corrected chi connectivity index (χ1v) is 13.4. The minimum Gasteiger partial charge on any atom is -0.465 e. The van der Waals surface area contributed by atoms with Crippen LogP contribution in [0.3, 0.4) is 0 Å². The number of hydrogen-bond acceptors (Lipinski definition) is 5. The minimum absolute atomic E-state index is 0.244. The number of ether oxygens (including phenoxy) is 1. The average Bonchev–Trinajstić information content (AvgIpc) is 3.40. The van der Waals surface area contributed by atoms with Crippen molar-refractivity contribution in [2.45, 2.75) is 26.1 Å². The van der Waals surface area contributed by atoms with E-state index in [4.69, 9.17) is 16.3 Å². The van der Waals surface area contributed by atoms with Crippen molar-refractivity contribution in [1.29, 1.82) is 0 Å². The van der Waals surface area contributed by atoms with Crippen LogP contribution in [-0.2, 0) is 22.6 Å². The summed E-state index contributed by atoms with van der Waals surface area (Å²) in [7, 11) is 3.02. The Morgan fingerprint density at radius 3 is 2.59 bits per heavy atom. The highest BCUT2D eigenvalue weighted by Gasteiger charge is 2.37. The summed E-state index contributed by atoms with van der Waals surface area (Å²) in [6.07, 6.45) is 0. The van der Waals surface area contributed by atoms with Crippen LogP contribution in [0.1, 0.15) is 39.3 Å². The molecule has 0 spiro atoms. The van der Waals surface area contributed by atoms with Gasteiger partial charge in [-0.3, -0.25) is 9.69 Å². The fourth-order valence-electron chi connectivity index (χ4n) is 4.20. The average molecular weight is 603 g/mol. The number of thiophene rings is 1. The van der Waals surface area contributed by atoms with E-state index >= 15 is 0 Å². The molecule has 0 bridgehead atoms. The number of methoxy groups -OCH3 is 1. The highest BCUT2D eigenvalue weighted by atomic mass is 79.9. The Balaban J connectivity index is 1.75. The first-order chi connectivity index (χ1) is 17.7. The van der Waals surface area contributed by atoms with Gasteiger partial charge >= 0.3 is 12.0 Å².